The number of hydrogen-bond acceptors (Lipinski definition) is 2. The standard InChI is InChI=1S/C32H59N3O/c1-6-7-8-9-10-11-12-13-14-15-16-17-18-19-20-21-28-35(4,5)29-22-27-33-32(36)30-23-25-31(26-24-30)34(2)3/h23-26H,6-22,27-29H2,1-5H3/p+1. The molecule has 36 heavy (non-hydrogen) atoms. The van der Waals surface area contributed by atoms with Crippen LogP contribution in [0.5, 0.6) is 0 Å². The van der Waals surface area contributed by atoms with E-state index in [1.165, 1.54) is 109 Å². The smallest absolute Gasteiger partial charge is 0.251 e. The molecular weight excluding hydrogens is 442 g/mol. The van der Waals surface area contributed by atoms with Crippen LogP contribution in [0.25, 0.3) is 0 Å². The van der Waals surface area contributed by atoms with E-state index in [0.717, 1.165) is 35.2 Å². The first-order valence-electron chi connectivity index (χ1n) is 15.2. The first-order chi connectivity index (χ1) is 17.4. The molecule has 1 amide bonds. The van der Waals surface area contributed by atoms with Gasteiger partial charge >= 0.3 is 0 Å². The third-order valence-electron chi connectivity index (χ3n) is 7.49. The highest BCUT2D eigenvalue weighted by atomic mass is 16.1. The van der Waals surface area contributed by atoms with Crippen LogP contribution in [0.1, 0.15) is 126 Å². The summed E-state index contributed by atoms with van der Waals surface area (Å²) in [5.74, 6) is 0.0309. The number of rotatable bonds is 23. The minimum Gasteiger partial charge on any atom is -0.378 e. The second-order valence-electron chi connectivity index (χ2n) is 11.7. The predicted octanol–water partition coefficient (Wildman–Crippen LogP) is 8.21. The highest BCUT2D eigenvalue weighted by Crippen LogP contribution is 2.15. The molecule has 4 nitrogen and oxygen atoms in total. The predicted molar refractivity (Wildman–Crippen MR) is 159 cm³/mol. The fourth-order valence-electron chi connectivity index (χ4n) is 4.92. The first-order valence-corrected chi connectivity index (χ1v) is 15.2. The van der Waals surface area contributed by atoms with Gasteiger partial charge in [-0.25, -0.2) is 0 Å². The Morgan fingerprint density at radius 2 is 1.08 bits per heavy atom. The lowest BCUT2D eigenvalue weighted by Crippen LogP contribution is -2.42. The van der Waals surface area contributed by atoms with Crippen molar-refractivity contribution in [2.24, 2.45) is 0 Å². The lowest BCUT2D eigenvalue weighted by molar-refractivity contribution is -0.890. The van der Waals surface area contributed by atoms with E-state index >= 15 is 0 Å². The molecule has 1 rings (SSSR count). The van der Waals surface area contributed by atoms with Gasteiger partial charge in [-0.1, -0.05) is 96.8 Å². The van der Waals surface area contributed by atoms with Gasteiger partial charge in [-0.3, -0.25) is 4.79 Å². The van der Waals surface area contributed by atoms with Gasteiger partial charge < -0.3 is 14.7 Å². The molecule has 1 N–H and O–H groups in total. The van der Waals surface area contributed by atoms with E-state index in [9.17, 15) is 4.79 Å². The number of unbranched alkanes of at least 4 members (excludes halogenated alkanes) is 15. The van der Waals surface area contributed by atoms with Crippen LogP contribution in [0.15, 0.2) is 24.3 Å². The first kappa shape index (κ1) is 32.5. The Bertz CT molecular complexity index is 654. The molecule has 0 fully saturated rings. The molecule has 0 bridgehead atoms. The third-order valence-corrected chi connectivity index (χ3v) is 7.49. The van der Waals surface area contributed by atoms with Crippen molar-refractivity contribution in [2.45, 2.75) is 116 Å². The van der Waals surface area contributed by atoms with E-state index < -0.39 is 0 Å². The Labute approximate surface area is 224 Å². The molecule has 0 atom stereocenters. The summed E-state index contributed by atoms with van der Waals surface area (Å²) in [6.45, 7) is 5.38. The molecule has 0 aliphatic rings. The topological polar surface area (TPSA) is 32.3 Å². The molecule has 0 aliphatic heterocycles. The summed E-state index contributed by atoms with van der Waals surface area (Å²) in [5, 5.41) is 3.08. The van der Waals surface area contributed by atoms with Gasteiger partial charge in [0.05, 0.1) is 27.2 Å². The van der Waals surface area contributed by atoms with Crippen molar-refractivity contribution in [3.8, 4) is 0 Å². The van der Waals surface area contributed by atoms with Crippen molar-refractivity contribution in [1.29, 1.82) is 0 Å². The minimum absolute atomic E-state index is 0.0309. The maximum atomic E-state index is 12.4. The Balaban J connectivity index is 1.93. The van der Waals surface area contributed by atoms with E-state index in [-0.39, 0.29) is 5.91 Å². The average molecular weight is 503 g/mol. The summed E-state index contributed by atoms with van der Waals surface area (Å²) in [6, 6.07) is 7.80. The number of amides is 1. The van der Waals surface area contributed by atoms with Crippen molar-refractivity contribution < 1.29 is 9.28 Å². The van der Waals surface area contributed by atoms with E-state index in [0.29, 0.717) is 0 Å². The summed E-state index contributed by atoms with van der Waals surface area (Å²) in [6.07, 6.45) is 23.7. The van der Waals surface area contributed by atoms with Crippen LogP contribution < -0.4 is 10.2 Å². The number of carbonyl (C=O) groups is 1. The maximum Gasteiger partial charge on any atom is 0.251 e. The largest absolute Gasteiger partial charge is 0.378 e. The lowest BCUT2D eigenvalue weighted by Gasteiger charge is -2.30. The molecule has 0 saturated carbocycles. The summed E-state index contributed by atoms with van der Waals surface area (Å²) < 4.78 is 1.05. The normalized spacial score (nSPS) is 11.6. The van der Waals surface area contributed by atoms with Gasteiger partial charge in [0.15, 0.2) is 0 Å². The van der Waals surface area contributed by atoms with Gasteiger partial charge in [-0.15, -0.1) is 0 Å². The Hall–Kier alpha value is -1.55. The second kappa shape index (κ2) is 20.5. The van der Waals surface area contributed by atoms with E-state index in [2.05, 4.69) is 26.3 Å². The quantitative estimate of drug-likeness (QED) is 0.121. The van der Waals surface area contributed by atoms with E-state index in [4.69, 9.17) is 0 Å². The molecule has 0 spiro atoms. The van der Waals surface area contributed by atoms with Gasteiger partial charge in [-0.2, -0.15) is 0 Å². The SMILES string of the molecule is CCCCCCCCCCCCCCCCCC[N+](C)(C)CCCNC(=O)c1ccc(N(C)C)cc1. The van der Waals surface area contributed by atoms with Gasteiger partial charge in [-0.05, 0) is 37.1 Å². The van der Waals surface area contributed by atoms with Crippen molar-refractivity contribution in [3.05, 3.63) is 29.8 Å². The summed E-state index contributed by atoms with van der Waals surface area (Å²) in [7, 11) is 8.67. The molecule has 1 aromatic rings. The van der Waals surface area contributed by atoms with Crippen LogP contribution in [-0.4, -0.2) is 58.2 Å². The molecular formula is C32H60N3O+. The molecule has 0 aromatic heterocycles. The van der Waals surface area contributed by atoms with E-state index in [1.807, 2.05) is 43.3 Å². The summed E-state index contributed by atoms with van der Waals surface area (Å²) in [5.41, 5.74) is 1.85. The number of anilines is 1. The van der Waals surface area contributed by atoms with Crippen LogP contribution in [0.4, 0.5) is 5.69 Å². The van der Waals surface area contributed by atoms with E-state index in [1.54, 1.807) is 0 Å². The molecule has 4 heteroatoms. The number of quaternary nitrogens is 1. The van der Waals surface area contributed by atoms with Gasteiger partial charge in [0.1, 0.15) is 0 Å². The minimum atomic E-state index is 0.0309. The van der Waals surface area contributed by atoms with Crippen LogP contribution in [0.3, 0.4) is 0 Å². The Morgan fingerprint density at radius 1 is 0.667 bits per heavy atom. The number of nitrogens with one attached hydrogen (secondary N) is 1. The Kier molecular flexibility index (Phi) is 18.5. The van der Waals surface area contributed by atoms with Crippen molar-refractivity contribution in [3.63, 3.8) is 0 Å². The van der Waals surface area contributed by atoms with Crippen LogP contribution in [-0.2, 0) is 0 Å². The zero-order valence-electron chi connectivity index (χ0n) is 24.8. The molecule has 0 aliphatic carbocycles. The van der Waals surface area contributed by atoms with Crippen LogP contribution >= 0.6 is 0 Å². The lowest BCUT2D eigenvalue weighted by atomic mass is 10.0. The third kappa shape index (κ3) is 17.0. The molecule has 208 valence electrons. The van der Waals surface area contributed by atoms with Gasteiger partial charge in [0.2, 0.25) is 0 Å². The summed E-state index contributed by atoms with van der Waals surface area (Å²) >= 11 is 0. The monoisotopic (exact) mass is 502 g/mol. The molecule has 1 aromatic carbocycles. The van der Waals surface area contributed by atoms with Crippen molar-refractivity contribution >= 4 is 11.6 Å². The number of hydrogen-bond donors (Lipinski definition) is 1. The molecule has 0 unspecified atom stereocenters. The highest BCUT2D eigenvalue weighted by Gasteiger charge is 2.14. The van der Waals surface area contributed by atoms with Crippen LogP contribution in [0.2, 0.25) is 0 Å². The van der Waals surface area contributed by atoms with Crippen LogP contribution in [0, 0.1) is 0 Å². The van der Waals surface area contributed by atoms with Crippen molar-refractivity contribution in [1.82, 2.24) is 5.32 Å². The average Bonchev–Trinajstić information content (AvgIpc) is 2.86. The number of benzene rings is 1. The molecule has 0 radical (unpaired) electrons. The maximum absolute atomic E-state index is 12.4. The zero-order chi connectivity index (χ0) is 26.5. The fraction of sp³-hybridized carbons (Fsp3) is 0.781. The highest BCUT2D eigenvalue weighted by molar-refractivity contribution is 5.94. The number of nitrogens with zero attached hydrogens (tertiary/aromatic N) is 2. The fourth-order valence-corrected chi connectivity index (χ4v) is 4.92. The molecule has 0 saturated heterocycles. The second-order valence-corrected chi connectivity index (χ2v) is 11.7. The van der Waals surface area contributed by atoms with Gasteiger partial charge in [0, 0.05) is 38.3 Å². The number of carbonyl (C=O) groups excluding carboxylic acids is 1. The van der Waals surface area contributed by atoms with Gasteiger partial charge in [0.25, 0.3) is 5.91 Å². The zero-order valence-corrected chi connectivity index (χ0v) is 24.8. The Morgan fingerprint density at radius 3 is 1.53 bits per heavy atom. The van der Waals surface area contributed by atoms with Crippen molar-refractivity contribution in [2.75, 3.05) is 52.7 Å². The summed E-state index contributed by atoms with van der Waals surface area (Å²) in [4.78, 5) is 14.4. The molecule has 0 heterocycles.